The molecule has 0 spiro atoms. The van der Waals surface area contributed by atoms with E-state index >= 15 is 0 Å². The van der Waals surface area contributed by atoms with E-state index in [0.717, 1.165) is 45.7 Å². The number of hydrogen-bond acceptors (Lipinski definition) is 3. The first kappa shape index (κ1) is 22.3. The molecular weight excluding hydrogens is 329 g/mol. The summed E-state index contributed by atoms with van der Waals surface area (Å²) in [4.78, 5) is 4.96. The van der Waals surface area contributed by atoms with Crippen LogP contribution in [0.3, 0.4) is 0 Å². The molecule has 1 saturated heterocycles. The van der Waals surface area contributed by atoms with Crippen LogP contribution in [0.2, 0.25) is 0 Å². The molecule has 23 heavy (non-hydrogen) atoms. The van der Waals surface area contributed by atoms with Crippen LogP contribution in [0.25, 0.3) is 0 Å². The van der Waals surface area contributed by atoms with Crippen molar-refractivity contribution in [3.05, 3.63) is 42.5 Å². The SMILES string of the molecule is C=CC[C@H](c1ccc(N(CC)CC)cc1)N1CCNCC1.Cl.Cl. The molecule has 0 unspecified atom stereocenters. The van der Waals surface area contributed by atoms with E-state index in [9.17, 15) is 0 Å². The minimum absolute atomic E-state index is 0. The Bertz CT molecular complexity index is 426. The zero-order chi connectivity index (χ0) is 15.1. The molecule has 1 aliphatic heterocycles. The van der Waals surface area contributed by atoms with Gasteiger partial charge in [-0.15, -0.1) is 31.4 Å². The van der Waals surface area contributed by atoms with Gasteiger partial charge in [0.1, 0.15) is 0 Å². The summed E-state index contributed by atoms with van der Waals surface area (Å²) in [5.41, 5.74) is 2.73. The van der Waals surface area contributed by atoms with Crippen molar-refractivity contribution >= 4 is 30.5 Å². The summed E-state index contributed by atoms with van der Waals surface area (Å²) in [5.74, 6) is 0. The molecule has 0 saturated carbocycles. The van der Waals surface area contributed by atoms with Crippen molar-refractivity contribution in [2.24, 2.45) is 0 Å². The number of anilines is 1. The molecule has 1 atom stereocenters. The first-order chi connectivity index (χ1) is 10.3. The highest BCUT2D eigenvalue weighted by molar-refractivity contribution is 5.85. The van der Waals surface area contributed by atoms with Crippen LogP contribution in [0.1, 0.15) is 31.9 Å². The van der Waals surface area contributed by atoms with Crippen molar-refractivity contribution in [1.82, 2.24) is 10.2 Å². The molecular formula is C18H31Cl2N3. The summed E-state index contributed by atoms with van der Waals surface area (Å²) < 4.78 is 0. The molecule has 0 amide bonds. The van der Waals surface area contributed by atoms with Gasteiger partial charge in [0.15, 0.2) is 0 Å². The normalized spacial score (nSPS) is 15.9. The highest BCUT2D eigenvalue weighted by Crippen LogP contribution is 2.27. The van der Waals surface area contributed by atoms with Gasteiger partial charge < -0.3 is 10.2 Å². The smallest absolute Gasteiger partial charge is 0.0383 e. The van der Waals surface area contributed by atoms with E-state index in [4.69, 9.17) is 0 Å². The molecule has 5 heteroatoms. The predicted octanol–water partition coefficient (Wildman–Crippen LogP) is 3.90. The lowest BCUT2D eigenvalue weighted by atomic mass is 10.0. The monoisotopic (exact) mass is 359 g/mol. The van der Waals surface area contributed by atoms with E-state index < -0.39 is 0 Å². The molecule has 132 valence electrons. The number of nitrogens with one attached hydrogen (secondary N) is 1. The van der Waals surface area contributed by atoms with E-state index in [-0.39, 0.29) is 24.8 Å². The van der Waals surface area contributed by atoms with Crippen LogP contribution in [0.4, 0.5) is 5.69 Å². The van der Waals surface area contributed by atoms with E-state index in [2.05, 4.69) is 59.8 Å². The Morgan fingerprint density at radius 3 is 2.17 bits per heavy atom. The van der Waals surface area contributed by atoms with Crippen LogP contribution in [0.15, 0.2) is 36.9 Å². The van der Waals surface area contributed by atoms with Gasteiger partial charge in [0.2, 0.25) is 0 Å². The Morgan fingerprint density at radius 2 is 1.70 bits per heavy atom. The van der Waals surface area contributed by atoms with Crippen LogP contribution >= 0.6 is 24.8 Å². The van der Waals surface area contributed by atoms with Gasteiger partial charge in [-0.25, -0.2) is 0 Å². The molecule has 1 aromatic carbocycles. The lowest BCUT2D eigenvalue weighted by Gasteiger charge is -2.35. The van der Waals surface area contributed by atoms with Crippen molar-refractivity contribution in [2.75, 3.05) is 44.2 Å². The summed E-state index contributed by atoms with van der Waals surface area (Å²) in [6, 6.07) is 9.59. The largest absolute Gasteiger partial charge is 0.372 e. The molecule has 0 aromatic heterocycles. The van der Waals surface area contributed by atoms with Crippen molar-refractivity contribution in [3.63, 3.8) is 0 Å². The number of benzene rings is 1. The molecule has 0 radical (unpaired) electrons. The molecule has 1 fully saturated rings. The maximum atomic E-state index is 3.94. The summed E-state index contributed by atoms with van der Waals surface area (Å²) >= 11 is 0. The fourth-order valence-corrected chi connectivity index (χ4v) is 3.14. The predicted molar refractivity (Wildman–Crippen MR) is 106 cm³/mol. The highest BCUT2D eigenvalue weighted by atomic mass is 35.5. The summed E-state index contributed by atoms with van der Waals surface area (Å²) in [7, 11) is 0. The van der Waals surface area contributed by atoms with Gasteiger partial charge in [0.05, 0.1) is 0 Å². The highest BCUT2D eigenvalue weighted by Gasteiger charge is 2.21. The molecule has 1 N–H and O–H groups in total. The lowest BCUT2D eigenvalue weighted by Crippen LogP contribution is -2.45. The Morgan fingerprint density at radius 1 is 1.13 bits per heavy atom. The van der Waals surface area contributed by atoms with Crippen LogP contribution in [0.5, 0.6) is 0 Å². The quantitative estimate of drug-likeness (QED) is 0.744. The van der Waals surface area contributed by atoms with Gasteiger partial charge in [-0.05, 0) is 38.0 Å². The Kier molecular flexibility index (Phi) is 11.4. The summed E-state index contributed by atoms with van der Waals surface area (Å²) in [6.07, 6.45) is 3.07. The third-order valence-corrected chi connectivity index (χ3v) is 4.39. The molecule has 0 bridgehead atoms. The minimum atomic E-state index is 0. The second kappa shape index (κ2) is 11.7. The Balaban J connectivity index is 0.00000242. The molecule has 3 nitrogen and oxygen atoms in total. The van der Waals surface area contributed by atoms with E-state index in [1.165, 1.54) is 11.3 Å². The van der Waals surface area contributed by atoms with E-state index in [1.807, 2.05) is 6.08 Å². The number of halogens is 2. The van der Waals surface area contributed by atoms with Gasteiger partial charge in [0.25, 0.3) is 0 Å². The molecule has 1 aromatic rings. The zero-order valence-corrected chi connectivity index (χ0v) is 16.0. The van der Waals surface area contributed by atoms with Gasteiger partial charge in [-0.2, -0.15) is 0 Å². The molecule has 2 rings (SSSR count). The van der Waals surface area contributed by atoms with E-state index in [0.29, 0.717) is 6.04 Å². The Labute approximate surface area is 153 Å². The van der Waals surface area contributed by atoms with Gasteiger partial charge in [-0.3, -0.25) is 4.90 Å². The second-order valence-electron chi connectivity index (χ2n) is 5.59. The number of rotatable bonds is 7. The fourth-order valence-electron chi connectivity index (χ4n) is 3.14. The van der Waals surface area contributed by atoms with Crippen molar-refractivity contribution in [2.45, 2.75) is 26.3 Å². The zero-order valence-electron chi connectivity index (χ0n) is 14.3. The number of piperazine rings is 1. The van der Waals surface area contributed by atoms with Crippen LogP contribution in [-0.4, -0.2) is 44.2 Å². The van der Waals surface area contributed by atoms with Gasteiger partial charge in [0, 0.05) is 51.0 Å². The maximum Gasteiger partial charge on any atom is 0.0383 e. The van der Waals surface area contributed by atoms with Gasteiger partial charge in [-0.1, -0.05) is 18.2 Å². The summed E-state index contributed by atoms with van der Waals surface area (Å²) in [6.45, 7) is 14.9. The van der Waals surface area contributed by atoms with Crippen LogP contribution in [-0.2, 0) is 0 Å². The number of hydrogen-bond donors (Lipinski definition) is 1. The van der Waals surface area contributed by atoms with Crippen molar-refractivity contribution in [1.29, 1.82) is 0 Å². The van der Waals surface area contributed by atoms with Crippen molar-refractivity contribution < 1.29 is 0 Å². The fraction of sp³-hybridized carbons (Fsp3) is 0.556. The second-order valence-corrected chi connectivity index (χ2v) is 5.59. The van der Waals surface area contributed by atoms with Gasteiger partial charge >= 0.3 is 0 Å². The average Bonchev–Trinajstić information content (AvgIpc) is 2.55. The maximum absolute atomic E-state index is 3.94. The third-order valence-electron chi connectivity index (χ3n) is 4.39. The van der Waals surface area contributed by atoms with Crippen molar-refractivity contribution in [3.8, 4) is 0 Å². The topological polar surface area (TPSA) is 18.5 Å². The van der Waals surface area contributed by atoms with E-state index in [1.54, 1.807) is 0 Å². The Hall–Kier alpha value is -0.740. The third kappa shape index (κ3) is 6.00. The first-order valence-corrected chi connectivity index (χ1v) is 8.20. The lowest BCUT2D eigenvalue weighted by molar-refractivity contribution is 0.174. The van der Waals surface area contributed by atoms with Crippen LogP contribution < -0.4 is 10.2 Å². The summed E-state index contributed by atoms with van der Waals surface area (Å²) in [5, 5.41) is 3.43. The standard InChI is InChI=1S/C18H29N3.2ClH/c1-4-7-18(21-14-12-19-13-15-21)16-8-10-17(11-9-16)20(5-2)6-3;;/h4,8-11,18-19H,1,5-7,12-15H2,2-3H3;2*1H/t18-;;/m1../s1. The van der Waals surface area contributed by atoms with Crippen LogP contribution in [0, 0.1) is 0 Å². The molecule has 1 heterocycles. The first-order valence-electron chi connectivity index (χ1n) is 8.20. The molecule has 1 aliphatic rings. The minimum Gasteiger partial charge on any atom is -0.372 e. The molecule has 0 aliphatic carbocycles. The number of nitrogens with zero attached hydrogens (tertiary/aromatic N) is 2. The average molecular weight is 360 g/mol.